The summed E-state index contributed by atoms with van der Waals surface area (Å²) < 4.78 is 28.6. The number of allylic oxidation sites excluding steroid dienone is 1. The summed E-state index contributed by atoms with van der Waals surface area (Å²) in [4.78, 5) is 98.4. The number of ether oxygens (including phenoxy) is 1. The molecule has 6 amide bonds. The minimum absolute atomic E-state index is 0.110. The van der Waals surface area contributed by atoms with E-state index >= 15 is 0 Å². The summed E-state index contributed by atoms with van der Waals surface area (Å²) in [5, 5.41) is 20.2. The number of aromatic amines is 1. The molecule has 0 bridgehead atoms. The molecule has 8 atom stereocenters. The Morgan fingerprint density at radius 3 is 2.25 bits per heavy atom. The summed E-state index contributed by atoms with van der Waals surface area (Å²) in [5.74, 6) is -4.95. The molecule has 1 aromatic heterocycles. The van der Waals surface area contributed by atoms with Gasteiger partial charge in [-0.2, -0.15) is 0 Å². The largest absolute Gasteiger partial charge is 0.472 e. The van der Waals surface area contributed by atoms with E-state index in [1.807, 2.05) is 32.0 Å². The number of aromatic nitrogens is 2. The van der Waals surface area contributed by atoms with Crippen LogP contribution < -0.4 is 27.0 Å². The van der Waals surface area contributed by atoms with Crippen LogP contribution in [0.2, 0.25) is 0 Å². The molecule has 1 fully saturated rings. The maximum Gasteiger partial charge on any atom is 0.472 e. The Kier molecular flexibility index (Phi) is 22.1. The van der Waals surface area contributed by atoms with Crippen LogP contribution in [-0.2, 0) is 60.0 Å². The minimum atomic E-state index is -4.70. The Balaban J connectivity index is 1.68. The van der Waals surface area contributed by atoms with Crippen molar-refractivity contribution >= 4 is 43.3 Å². The number of primary amides is 1. The number of hydrogen-bond acceptors (Lipinski definition) is 12. The first-order valence-corrected chi connectivity index (χ1v) is 22.7. The Labute approximate surface area is 368 Å². The summed E-state index contributed by atoms with van der Waals surface area (Å²) in [6.07, 6.45) is 7.11. The van der Waals surface area contributed by atoms with Crippen LogP contribution in [0.4, 0.5) is 0 Å². The molecule has 1 aliphatic heterocycles. The van der Waals surface area contributed by atoms with E-state index in [1.54, 1.807) is 6.08 Å². The lowest BCUT2D eigenvalue weighted by Gasteiger charge is -2.28. The second-order valence-electron chi connectivity index (χ2n) is 15.9. The van der Waals surface area contributed by atoms with E-state index in [2.05, 4.69) is 49.9 Å². The molecule has 3 rings (SSSR count). The van der Waals surface area contributed by atoms with E-state index in [1.165, 1.54) is 36.8 Å². The lowest BCUT2D eigenvalue weighted by molar-refractivity contribution is -0.139. The zero-order valence-corrected chi connectivity index (χ0v) is 37.4. The number of aliphatic hydroxyl groups excluding tert-OH is 1. The van der Waals surface area contributed by atoms with Gasteiger partial charge in [0.25, 0.3) is 0 Å². The van der Waals surface area contributed by atoms with Crippen molar-refractivity contribution in [2.75, 3.05) is 26.4 Å². The number of nitrogens with zero attached hydrogens (tertiary/aromatic N) is 2. The average Bonchev–Trinajstić information content (AvgIpc) is 3.91. The Hall–Kier alpha value is -4.98. The quantitative estimate of drug-likeness (QED) is 0.0325. The molecule has 1 saturated heterocycles. The highest BCUT2D eigenvalue weighted by molar-refractivity contribution is 7.47. The summed E-state index contributed by atoms with van der Waals surface area (Å²) in [5.41, 5.74) is 7.12. The second-order valence-corrected chi connectivity index (χ2v) is 17.3. The van der Waals surface area contributed by atoms with Gasteiger partial charge in [-0.25, -0.2) is 9.55 Å². The van der Waals surface area contributed by atoms with E-state index in [-0.39, 0.29) is 50.3 Å². The summed E-state index contributed by atoms with van der Waals surface area (Å²) in [6.45, 7) is 9.39. The Bertz CT molecular complexity index is 1840. The lowest BCUT2D eigenvalue weighted by Crippen LogP contribution is -2.61. The molecule has 0 spiro atoms. The smallest absolute Gasteiger partial charge is 0.394 e. The Morgan fingerprint density at radius 1 is 0.968 bits per heavy atom. The fourth-order valence-corrected chi connectivity index (χ4v) is 7.88. The van der Waals surface area contributed by atoms with Gasteiger partial charge in [-0.15, -0.1) is 6.58 Å². The highest BCUT2D eigenvalue weighted by atomic mass is 31.2. The summed E-state index contributed by atoms with van der Waals surface area (Å²) in [7, 11) is -4.70. The highest BCUT2D eigenvalue weighted by Gasteiger charge is 2.41. The number of phosphoric acid groups is 1. The van der Waals surface area contributed by atoms with Gasteiger partial charge in [-0.1, -0.05) is 50.3 Å². The van der Waals surface area contributed by atoms with Gasteiger partial charge in [0.05, 0.1) is 31.7 Å². The van der Waals surface area contributed by atoms with E-state index in [4.69, 9.17) is 19.5 Å². The number of unbranched alkanes of at least 4 members (excludes halogenated alkanes) is 3. The molecule has 2 heterocycles. The molecule has 1 aliphatic rings. The first-order chi connectivity index (χ1) is 29.9. The van der Waals surface area contributed by atoms with E-state index in [0.717, 1.165) is 19.3 Å². The normalized spacial score (nSPS) is 18.3. The average molecular weight is 905 g/mol. The van der Waals surface area contributed by atoms with Crippen LogP contribution in [0.3, 0.4) is 0 Å². The van der Waals surface area contributed by atoms with Gasteiger partial charge in [-0.05, 0) is 63.4 Å². The van der Waals surface area contributed by atoms with Crippen molar-refractivity contribution in [2.45, 2.75) is 128 Å². The molecule has 1 aromatic carbocycles. The third-order valence-electron chi connectivity index (χ3n) is 10.2. The Morgan fingerprint density at radius 2 is 1.63 bits per heavy atom. The predicted octanol–water partition coefficient (Wildman–Crippen LogP) is 1.32. The third kappa shape index (κ3) is 18.3. The van der Waals surface area contributed by atoms with Crippen molar-refractivity contribution < 1.29 is 57.1 Å². The van der Waals surface area contributed by atoms with Gasteiger partial charge in [0.1, 0.15) is 30.2 Å². The van der Waals surface area contributed by atoms with Crippen molar-refractivity contribution in [3.8, 4) is 0 Å². The zero-order valence-electron chi connectivity index (χ0n) is 36.5. The number of imidazole rings is 1. The number of aliphatic hydroxyl groups is 1. The van der Waals surface area contributed by atoms with Crippen LogP contribution in [0.25, 0.3) is 0 Å². The monoisotopic (exact) mass is 904 g/mol. The predicted molar refractivity (Wildman–Crippen MR) is 231 cm³/mol. The molecular formula is C42H65N8O12P. The van der Waals surface area contributed by atoms with Crippen LogP contribution in [0.15, 0.2) is 55.5 Å². The SMILES string of the molecule is C=CCCCCOP(=O)(O)OC(C)C(NC(=O)C(CO)NC(=O)C(Cc1cnc[nH]1)NC(=O)C(CC(C)C)NC(=O)C1CC(OCCCCc2ccccc2)CN1C(C)=O)C(N)=O. The van der Waals surface area contributed by atoms with Crippen LogP contribution in [0, 0.1) is 5.92 Å². The third-order valence-corrected chi connectivity index (χ3v) is 11.3. The molecule has 63 heavy (non-hydrogen) atoms. The number of benzene rings is 1. The van der Waals surface area contributed by atoms with Crippen molar-refractivity contribution in [1.82, 2.24) is 36.1 Å². The van der Waals surface area contributed by atoms with Gasteiger partial charge >= 0.3 is 7.82 Å². The maximum atomic E-state index is 14.0. The first kappa shape index (κ1) is 52.4. The van der Waals surface area contributed by atoms with Crippen molar-refractivity contribution in [3.05, 3.63) is 66.8 Å². The molecule has 21 heteroatoms. The number of amides is 6. The fourth-order valence-electron chi connectivity index (χ4n) is 6.92. The number of likely N-dealkylation sites (tertiary alicyclic amines) is 1. The number of rotatable bonds is 29. The summed E-state index contributed by atoms with van der Waals surface area (Å²) in [6, 6.07) is 3.20. The van der Waals surface area contributed by atoms with Crippen molar-refractivity contribution in [1.29, 1.82) is 0 Å². The van der Waals surface area contributed by atoms with Gasteiger partial charge in [0.15, 0.2) is 0 Å². The molecule has 0 saturated carbocycles. The molecule has 350 valence electrons. The van der Waals surface area contributed by atoms with Crippen molar-refractivity contribution in [3.63, 3.8) is 0 Å². The van der Waals surface area contributed by atoms with Gasteiger partial charge in [0.2, 0.25) is 35.4 Å². The standard InChI is InChI=1S/C42H65N8O12P/c1-6-7-8-13-19-61-63(58,59)62-28(4)37(38(43)53)49-41(56)35(25-51)48-40(55)34(21-31-23-44-26-45-31)46-39(54)33(20-27(2)3)47-42(57)36-22-32(24-50(36)29(5)52)60-18-14-12-17-30-15-10-9-11-16-30/h6,9-11,15-16,23,26-28,32-37,51H,1,7-8,12-14,17-22,24-25H2,2-5H3,(H2,43,53)(H,44,45)(H,46,54)(H,47,57)(H,48,55)(H,49,56)(H,58,59). The van der Waals surface area contributed by atoms with E-state index in [0.29, 0.717) is 31.6 Å². The minimum Gasteiger partial charge on any atom is -0.394 e. The fraction of sp³-hybridized carbons (Fsp3) is 0.595. The summed E-state index contributed by atoms with van der Waals surface area (Å²) >= 11 is 0. The number of aryl methyl sites for hydroxylation is 1. The van der Waals surface area contributed by atoms with Gasteiger partial charge in [0, 0.05) is 44.8 Å². The topological polar surface area (TPSA) is 294 Å². The molecule has 0 aliphatic carbocycles. The molecule has 0 radical (unpaired) electrons. The number of H-pyrrole nitrogens is 1. The number of nitrogens with one attached hydrogen (secondary N) is 5. The number of nitrogens with two attached hydrogens (primary N) is 1. The van der Waals surface area contributed by atoms with Crippen LogP contribution in [-0.4, -0.2) is 129 Å². The van der Waals surface area contributed by atoms with E-state index < -0.39 is 80.3 Å². The molecule has 8 unspecified atom stereocenters. The van der Waals surface area contributed by atoms with Gasteiger partial charge < -0.3 is 51.6 Å². The molecular weight excluding hydrogens is 839 g/mol. The zero-order chi connectivity index (χ0) is 46.5. The van der Waals surface area contributed by atoms with Crippen LogP contribution >= 0.6 is 7.82 Å². The number of carbonyl (C=O) groups excluding carboxylic acids is 6. The maximum absolute atomic E-state index is 14.0. The lowest BCUT2D eigenvalue weighted by atomic mass is 10.0. The van der Waals surface area contributed by atoms with Gasteiger partial charge in [-0.3, -0.25) is 37.8 Å². The van der Waals surface area contributed by atoms with E-state index in [9.17, 15) is 43.3 Å². The van der Waals surface area contributed by atoms with Crippen LogP contribution in [0.1, 0.15) is 83.9 Å². The van der Waals surface area contributed by atoms with Crippen molar-refractivity contribution in [2.24, 2.45) is 11.7 Å². The van der Waals surface area contributed by atoms with Crippen LogP contribution in [0.5, 0.6) is 0 Å². The second kappa shape index (κ2) is 26.6. The molecule has 9 N–H and O–H groups in total. The molecule has 2 aromatic rings. The number of hydrogen-bond donors (Lipinski definition) is 8. The first-order valence-electron chi connectivity index (χ1n) is 21.2. The highest BCUT2D eigenvalue weighted by Crippen LogP contribution is 2.45. The number of carbonyl (C=O) groups is 6. The number of phosphoric ester groups is 1. The molecule has 20 nitrogen and oxygen atoms in total.